The molecule has 0 radical (unpaired) electrons. The van der Waals surface area contributed by atoms with Gasteiger partial charge in [0.1, 0.15) is 0 Å². The normalized spacial score (nSPS) is 13.2. The molecule has 3 nitrogen and oxygen atoms in total. The van der Waals surface area contributed by atoms with Gasteiger partial charge in [-0.15, -0.1) is 0 Å². The van der Waals surface area contributed by atoms with Gasteiger partial charge in [0.2, 0.25) is 0 Å². The van der Waals surface area contributed by atoms with E-state index < -0.39 is 9.84 Å². The van der Waals surface area contributed by atoms with Gasteiger partial charge >= 0.3 is 0 Å². The van der Waals surface area contributed by atoms with Crippen LogP contribution in [0.5, 0.6) is 0 Å². The van der Waals surface area contributed by atoms with Crippen molar-refractivity contribution in [3.63, 3.8) is 0 Å². The highest BCUT2D eigenvalue weighted by atomic mass is 35.5. The summed E-state index contributed by atoms with van der Waals surface area (Å²) in [6.45, 7) is 0. The van der Waals surface area contributed by atoms with Crippen molar-refractivity contribution in [2.45, 2.75) is 10.9 Å². The zero-order valence-electron chi connectivity index (χ0n) is 11.3. The van der Waals surface area contributed by atoms with Gasteiger partial charge in [0.05, 0.1) is 10.9 Å². The summed E-state index contributed by atoms with van der Waals surface area (Å²) in [5, 5.41) is 3.91. The highest BCUT2D eigenvalue weighted by Crippen LogP contribution is 2.24. The second-order valence-electron chi connectivity index (χ2n) is 4.61. The summed E-state index contributed by atoms with van der Waals surface area (Å²) in [6.07, 6.45) is 1.21. The first-order valence-electron chi connectivity index (χ1n) is 6.14. The Kier molecular flexibility index (Phi) is 4.48. The van der Waals surface area contributed by atoms with E-state index in [0.29, 0.717) is 9.92 Å². The van der Waals surface area contributed by atoms with Crippen molar-refractivity contribution in [2.75, 3.05) is 13.3 Å². The molecule has 5 heteroatoms. The molecule has 0 fully saturated rings. The third-order valence-corrected chi connectivity index (χ3v) is 4.51. The van der Waals surface area contributed by atoms with Crippen molar-refractivity contribution in [2.24, 2.45) is 0 Å². The smallest absolute Gasteiger partial charge is 0.175 e. The van der Waals surface area contributed by atoms with Gasteiger partial charge in [-0.05, 0) is 42.4 Å². The van der Waals surface area contributed by atoms with Crippen molar-refractivity contribution in [1.82, 2.24) is 5.32 Å². The van der Waals surface area contributed by atoms with Gasteiger partial charge in [-0.25, -0.2) is 8.42 Å². The first-order valence-corrected chi connectivity index (χ1v) is 8.41. The van der Waals surface area contributed by atoms with E-state index in [2.05, 4.69) is 5.32 Å². The number of benzene rings is 2. The lowest BCUT2D eigenvalue weighted by Crippen LogP contribution is -2.17. The maximum atomic E-state index is 11.5. The summed E-state index contributed by atoms with van der Waals surface area (Å²) in [5.74, 6) is 0. The molecule has 106 valence electrons. The van der Waals surface area contributed by atoms with Gasteiger partial charge in [0.15, 0.2) is 9.84 Å². The van der Waals surface area contributed by atoms with Crippen LogP contribution in [0.3, 0.4) is 0 Å². The van der Waals surface area contributed by atoms with Gasteiger partial charge in [-0.1, -0.05) is 35.9 Å². The van der Waals surface area contributed by atoms with Gasteiger partial charge in [-0.2, -0.15) is 0 Å². The topological polar surface area (TPSA) is 46.2 Å². The predicted molar refractivity (Wildman–Crippen MR) is 81.9 cm³/mol. The Balaban J connectivity index is 2.35. The molecular formula is C15H16ClNO2S. The Bertz CT molecular complexity index is 679. The fraction of sp³-hybridized carbons (Fsp3) is 0.200. The molecule has 20 heavy (non-hydrogen) atoms. The van der Waals surface area contributed by atoms with Crippen LogP contribution in [-0.2, 0) is 9.84 Å². The summed E-state index contributed by atoms with van der Waals surface area (Å²) in [7, 11) is -1.30. The first kappa shape index (κ1) is 15.0. The predicted octanol–water partition coefficient (Wildman–Crippen LogP) is 3.05. The fourth-order valence-electron chi connectivity index (χ4n) is 2.09. The molecule has 2 rings (SSSR count). The van der Waals surface area contributed by atoms with Gasteiger partial charge in [0.25, 0.3) is 0 Å². The highest BCUT2D eigenvalue weighted by molar-refractivity contribution is 7.90. The van der Waals surface area contributed by atoms with Crippen molar-refractivity contribution in [3.05, 3.63) is 64.7 Å². The third kappa shape index (κ3) is 3.39. The molecule has 1 atom stereocenters. The van der Waals surface area contributed by atoms with E-state index in [1.165, 1.54) is 6.26 Å². The number of hydrogen-bond donors (Lipinski definition) is 1. The molecule has 2 aromatic carbocycles. The summed E-state index contributed by atoms with van der Waals surface area (Å²) in [5.41, 5.74) is 2.08. The Morgan fingerprint density at radius 3 is 1.80 bits per heavy atom. The van der Waals surface area contributed by atoms with Crippen molar-refractivity contribution >= 4 is 21.4 Å². The monoisotopic (exact) mass is 309 g/mol. The standard InChI is InChI=1S/C15H16ClNO2S/c1-17-15(11-3-7-13(16)8-4-11)12-5-9-14(10-6-12)20(2,18)19/h3-10,15,17H,1-2H3. The molecule has 1 N–H and O–H groups in total. The molecule has 2 aromatic rings. The average Bonchev–Trinajstić information content (AvgIpc) is 2.41. The van der Waals surface area contributed by atoms with Crippen LogP contribution in [0.1, 0.15) is 17.2 Å². The van der Waals surface area contributed by atoms with Crippen molar-refractivity contribution in [1.29, 1.82) is 0 Å². The van der Waals surface area contributed by atoms with E-state index in [1.54, 1.807) is 12.1 Å². The van der Waals surface area contributed by atoms with E-state index in [1.807, 2.05) is 43.4 Å². The molecule has 0 heterocycles. The Morgan fingerprint density at radius 1 is 0.950 bits per heavy atom. The Hall–Kier alpha value is -1.36. The minimum absolute atomic E-state index is 0.000812. The zero-order chi connectivity index (χ0) is 14.8. The van der Waals surface area contributed by atoms with Crippen LogP contribution in [0.15, 0.2) is 53.4 Å². The van der Waals surface area contributed by atoms with Crippen LogP contribution in [0.25, 0.3) is 0 Å². The molecule has 0 aliphatic carbocycles. The third-order valence-electron chi connectivity index (χ3n) is 3.13. The van der Waals surface area contributed by atoms with Crippen LogP contribution < -0.4 is 5.32 Å². The summed E-state index contributed by atoms with van der Waals surface area (Å²) < 4.78 is 22.9. The Morgan fingerprint density at radius 2 is 1.40 bits per heavy atom. The van der Waals surface area contributed by atoms with Crippen molar-refractivity contribution < 1.29 is 8.42 Å². The summed E-state index contributed by atoms with van der Waals surface area (Å²) in [4.78, 5) is 0.326. The second-order valence-corrected chi connectivity index (χ2v) is 7.07. The van der Waals surface area contributed by atoms with Crippen LogP contribution in [0.4, 0.5) is 0 Å². The molecule has 1 unspecified atom stereocenters. The molecule has 0 aliphatic rings. The molecule has 0 amide bonds. The maximum Gasteiger partial charge on any atom is 0.175 e. The lowest BCUT2D eigenvalue weighted by molar-refractivity contribution is 0.601. The average molecular weight is 310 g/mol. The molecule has 0 spiro atoms. The van der Waals surface area contributed by atoms with E-state index in [9.17, 15) is 8.42 Å². The minimum atomic E-state index is -3.16. The Labute approximate surface area is 124 Å². The van der Waals surface area contributed by atoms with Crippen LogP contribution in [-0.4, -0.2) is 21.7 Å². The maximum absolute atomic E-state index is 11.5. The van der Waals surface area contributed by atoms with Gasteiger partial charge < -0.3 is 5.32 Å². The largest absolute Gasteiger partial charge is 0.309 e. The lowest BCUT2D eigenvalue weighted by atomic mass is 9.99. The number of rotatable bonds is 4. The molecule has 0 aromatic heterocycles. The summed E-state index contributed by atoms with van der Waals surface area (Å²) in [6, 6.07) is 14.5. The molecular weight excluding hydrogens is 294 g/mol. The molecule has 0 saturated heterocycles. The molecule has 0 bridgehead atoms. The second kappa shape index (κ2) is 5.95. The number of nitrogens with one attached hydrogen (secondary N) is 1. The first-order chi connectivity index (χ1) is 9.41. The fourth-order valence-corrected chi connectivity index (χ4v) is 2.84. The van der Waals surface area contributed by atoms with Gasteiger partial charge in [-0.3, -0.25) is 0 Å². The van der Waals surface area contributed by atoms with E-state index in [-0.39, 0.29) is 6.04 Å². The van der Waals surface area contributed by atoms with Crippen LogP contribution in [0, 0.1) is 0 Å². The van der Waals surface area contributed by atoms with Gasteiger partial charge in [0, 0.05) is 11.3 Å². The van der Waals surface area contributed by atoms with Crippen LogP contribution in [0.2, 0.25) is 5.02 Å². The van der Waals surface area contributed by atoms with E-state index >= 15 is 0 Å². The van der Waals surface area contributed by atoms with E-state index in [4.69, 9.17) is 11.6 Å². The zero-order valence-corrected chi connectivity index (χ0v) is 12.9. The highest BCUT2D eigenvalue weighted by Gasteiger charge is 2.13. The van der Waals surface area contributed by atoms with Crippen molar-refractivity contribution in [3.8, 4) is 0 Å². The number of sulfone groups is 1. The quantitative estimate of drug-likeness (QED) is 0.944. The molecule has 0 aliphatic heterocycles. The SMILES string of the molecule is CNC(c1ccc(Cl)cc1)c1ccc(S(C)(=O)=O)cc1. The number of halogens is 1. The minimum Gasteiger partial charge on any atom is -0.309 e. The molecule has 0 saturated carbocycles. The lowest BCUT2D eigenvalue weighted by Gasteiger charge is -2.17. The van der Waals surface area contributed by atoms with Crippen LogP contribution >= 0.6 is 11.6 Å². The number of hydrogen-bond acceptors (Lipinski definition) is 3. The van der Waals surface area contributed by atoms with E-state index in [0.717, 1.165) is 11.1 Å². The summed E-state index contributed by atoms with van der Waals surface area (Å²) >= 11 is 5.89.